The number of carbonyl (C=O) groups excluding carboxylic acids is 9. The third-order valence-corrected chi connectivity index (χ3v) is 25.5. The second-order valence-electron chi connectivity index (χ2n) is 38.3. The monoisotopic (exact) mass is 1790 g/mol. The van der Waals surface area contributed by atoms with Crippen LogP contribution in [0.15, 0.2) is 85.2 Å². The number of amides is 4. The lowest BCUT2D eigenvalue weighted by Gasteiger charge is -2.35. The standard InChI is InChI=1S/C39H55N3O11S.C38H53N3O10S.C12H15NO6/c1-10-25-20-39(25,35(46)41-54(47,48)53-38(7)14-15-38)21-31(43)30-18-27(51-33-28-12-11-26(50-9)17-24(28)13-16-40-33)22-42(30)34(45)29(36(2,3)4)19-32(44)52-37(5,6)23-49-8;1-10-24-20-38(24,34(45)40-52(46,47)51-37(8)14-15-37)21-30(42)29-18-26(49-32-27-12-11-25(48-9)17-23(27)13-16-39-32)22-41(29)33(44)28(35(2,3)4)19-31(43)50-36(5,6)7;1-12(2,8-17-3)19-11(14)18-10-6-4-9(5-7-10)13(15)16/h11-13,16-17,25,27,29-30H,10,14-15,18-23H2,1-9H3,(H,41,46);11-13,16-17,24,26,28-29H,10,14-15,18-22H2,1-9H3,(H,40,45);4-7H,8H2,1-3H3/t25-,27-,29-,30+,39-;24-,26-,28-,29+,38-;/m11./s1. The maximum absolute atomic E-state index is 14.7. The van der Waals surface area contributed by atoms with Crippen LogP contribution in [-0.4, -0.2) is 202 Å². The first kappa shape index (κ1) is 99.0. The molecular formula is C89H123N7O27S2. The van der Waals surface area contributed by atoms with Crippen LogP contribution in [0.3, 0.4) is 0 Å². The largest absolute Gasteiger partial charge is 0.514 e. The third-order valence-electron chi connectivity index (χ3n) is 23.4. The fourth-order valence-corrected chi connectivity index (χ4v) is 18.3. The van der Waals surface area contributed by atoms with E-state index in [0.29, 0.717) is 80.0 Å². The second-order valence-corrected chi connectivity index (χ2v) is 40.9. The van der Waals surface area contributed by atoms with Gasteiger partial charge < -0.3 is 57.2 Å². The van der Waals surface area contributed by atoms with Crippen molar-refractivity contribution in [2.75, 3.05) is 54.7 Å². The van der Waals surface area contributed by atoms with Crippen LogP contribution in [0.1, 0.15) is 208 Å². The minimum atomic E-state index is -4.41. The van der Waals surface area contributed by atoms with Gasteiger partial charge in [-0.15, -0.1) is 0 Å². The number of nitrogens with one attached hydrogen (secondary N) is 2. The van der Waals surface area contributed by atoms with Crippen LogP contribution in [0.2, 0.25) is 0 Å². The van der Waals surface area contributed by atoms with Gasteiger partial charge in [-0.1, -0.05) is 68.2 Å². The summed E-state index contributed by atoms with van der Waals surface area (Å²) in [6.07, 6.45) is 4.15. The Kier molecular flexibility index (Phi) is 30.8. The van der Waals surface area contributed by atoms with Crippen molar-refractivity contribution in [2.45, 2.75) is 260 Å². The molecule has 11 rings (SSSR count). The lowest BCUT2D eigenvalue weighted by molar-refractivity contribution is -0.384. The number of ether oxygens (including phenoxy) is 10. The van der Waals surface area contributed by atoms with Gasteiger partial charge in [-0.05, 0) is 195 Å². The van der Waals surface area contributed by atoms with E-state index in [1.165, 1.54) is 48.3 Å². The summed E-state index contributed by atoms with van der Waals surface area (Å²) < 4.78 is 121. The molecule has 6 fully saturated rings. The molecule has 2 aliphatic heterocycles. The van der Waals surface area contributed by atoms with Gasteiger partial charge >= 0.3 is 38.7 Å². The van der Waals surface area contributed by atoms with E-state index in [1.54, 1.807) is 101 Å². The normalized spacial score (nSPS) is 22.3. The van der Waals surface area contributed by atoms with E-state index in [9.17, 15) is 70.1 Å². The third kappa shape index (κ3) is 26.5. The Bertz CT molecular complexity index is 5050. The minimum absolute atomic E-state index is 0.0114. The number of rotatable bonds is 36. The van der Waals surface area contributed by atoms with E-state index in [2.05, 4.69) is 19.4 Å². The maximum atomic E-state index is 14.7. The van der Waals surface area contributed by atoms with Gasteiger partial charge in [-0.25, -0.2) is 32.6 Å². The molecule has 2 saturated heterocycles. The van der Waals surface area contributed by atoms with Gasteiger partial charge in [0.2, 0.25) is 35.4 Å². The van der Waals surface area contributed by atoms with Crippen molar-refractivity contribution in [2.24, 2.45) is 45.3 Å². The number of nitro benzene ring substituents is 1. The summed E-state index contributed by atoms with van der Waals surface area (Å²) in [6, 6.07) is 17.7. The van der Waals surface area contributed by atoms with Gasteiger partial charge in [0, 0.05) is 75.2 Å². The molecule has 0 bridgehead atoms. The smallest absolute Gasteiger partial charge is 0.497 e. The van der Waals surface area contributed by atoms with Crippen LogP contribution in [0, 0.1) is 55.4 Å². The predicted octanol–water partition coefficient (Wildman–Crippen LogP) is 12.7. The topological polar surface area (TPSA) is 432 Å². The number of pyridine rings is 2. The number of ketones is 2. The summed E-state index contributed by atoms with van der Waals surface area (Å²) in [7, 11) is -2.67. The first-order valence-electron chi connectivity index (χ1n) is 42.0. The fraction of sp³-hybridized carbons (Fsp3) is 0.629. The highest BCUT2D eigenvalue weighted by atomic mass is 32.2. The summed E-state index contributed by atoms with van der Waals surface area (Å²) in [5, 5.41) is 13.5. The average molecular weight is 1790 g/mol. The Morgan fingerprint density at radius 1 is 0.536 bits per heavy atom. The van der Waals surface area contributed by atoms with Gasteiger partial charge in [-0.3, -0.25) is 48.5 Å². The zero-order valence-electron chi connectivity index (χ0n) is 75.5. The first-order chi connectivity index (χ1) is 58.1. The number of benzene rings is 3. The van der Waals surface area contributed by atoms with Gasteiger partial charge in [0.1, 0.15) is 46.3 Å². The molecule has 5 aromatic rings. The molecular weight excluding hydrogens is 1660 g/mol. The van der Waals surface area contributed by atoms with Gasteiger partial charge in [0.05, 0.1) is 104 Å². The Labute approximate surface area is 731 Å². The minimum Gasteiger partial charge on any atom is -0.497 e. The van der Waals surface area contributed by atoms with Gasteiger partial charge in [-0.2, -0.15) is 16.8 Å². The highest BCUT2D eigenvalue weighted by Gasteiger charge is 2.64. The van der Waals surface area contributed by atoms with Gasteiger partial charge in [0.15, 0.2) is 11.6 Å². The number of fused-ring (bicyclic) bond motifs is 2. The number of likely N-dealkylation sites (tertiary alicyclic amines) is 2. The summed E-state index contributed by atoms with van der Waals surface area (Å²) >= 11 is 0. The summed E-state index contributed by atoms with van der Waals surface area (Å²) in [5.41, 5.74) is -8.22. The maximum Gasteiger partial charge on any atom is 0.514 e. The zero-order valence-corrected chi connectivity index (χ0v) is 77.1. The average Bonchev–Trinajstić information content (AvgIpc) is 1.58. The molecule has 3 aromatic carbocycles. The molecule has 2 N–H and O–H groups in total. The lowest BCUT2D eigenvalue weighted by Crippen LogP contribution is -2.49. The van der Waals surface area contributed by atoms with E-state index in [4.69, 9.17) is 55.7 Å². The van der Waals surface area contributed by atoms with E-state index in [-0.39, 0.29) is 88.1 Å². The van der Waals surface area contributed by atoms with Crippen molar-refractivity contribution in [3.8, 4) is 29.0 Å². The predicted molar refractivity (Wildman–Crippen MR) is 457 cm³/mol. The number of non-ortho nitro benzene ring substituents is 1. The number of carbonyl (C=O) groups is 9. The zero-order chi connectivity index (χ0) is 92.8. The number of nitro groups is 1. The summed E-state index contributed by atoms with van der Waals surface area (Å²) in [6.45, 7) is 30.6. The Morgan fingerprint density at radius 2 is 0.912 bits per heavy atom. The van der Waals surface area contributed by atoms with Gasteiger partial charge in [0.25, 0.3) is 5.69 Å². The van der Waals surface area contributed by atoms with Crippen molar-refractivity contribution in [3.63, 3.8) is 0 Å². The number of esters is 2. The molecule has 34 nitrogen and oxygen atoms in total. The van der Waals surface area contributed by atoms with Crippen molar-refractivity contribution in [3.05, 3.63) is 95.3 Å². The molecule has 4 aliphatic carbocycles. The molecule has 125 heavy (non-hydrogen) atoms. The van der Waals surface area contributed by atoms with E-state index in [1.807, 2.05) is 91.8 Å². The summed E-state index contributed by atoms with van der Waals surface area (Å²) in [5.74, 6) is -4.39. The fourth-order valence-electron chi connectivity index (χ4n) is 16.0. The number of nitrogens with zero attached hydrogens (tertiary/aromatic N) is 5. The molecule has 10 atom stereocenters. The number of Topliss-reactive ketones (excluding diaryl/α,β-unsaturated/α-hetero) is 2. The Hall–Kier alpha value is -9.75. The van der Waals surface area contributed by atoms with Crippen molar-refractivity contribution < 1.29 is 121 Å². The van der Waals surface area contributed by atoms with Crippen LogP contribution in [-0.2, 0) is 91.0 Å². The quantitative estimate of drug-likeness (QED) is 0.0124. The molecule has 6 aliphatic rings. The van der Waals surface area contributed by atoms with Crippen molar-refractivity contribution >= 4 is 101 Å². The Morgan fingerprint density at radius 3 is 1.25 bits per heavy atom. The molecule has 4 heterocycles. The SMILES string of the molecule is CC[C@@H]1C[C@]1(CC(=O)[C@@H]1C[C@@H](Oc2nccc3cc(OC)ccc23)CN1C(=O)[C@@H](CC(=O)OC(C)(C)C)C(C)(C)C)C(=O)NS(=O)(=O)OC1(C)CC1.CC[C@@H]1C[C@]1(CC(=O)[C@@H]1C[C@@H](Oc2nccc3cc(OC)ccc23)CN1C(=O)[C@@H](CC(=O)OC(C)(C)COC)C(C)(C)C)C(=O)NS(=O)(=O)OC1(C)CC1.COCC(C)(C)OC(=O)Oc1ccc([N+](=O)[O-])cc1. The van der Waals surface area contributed by atoms with E-state index >= 15 is 0 Å². The van der Waals surface area contributed by atoms with Crippen molar-refractivity contribution in [1.29, 1.82) is 0 Å². The highest BCUT2D eigenvalue weighted by Crippen LogP contribution is 2.60. The van der Waals surface area contributed by atoms with E-state index in [0.717, 1.165) is 16.2 Å². The molecule has 36 heteroatoms. The second kappa shape index (κ2) is 38.8. The first-order valence-corrected chi connectivity index (χ1v) is 44.9. The molecule has 4 amide bonds. The number of hydrogen-bond donors (Lipinski definition) is 2. The number of hydrogen-bond acceptors (Lipinski definition) is 29. The van der Waals surface area contributed by atoms with Crippen LogP contribution >= 0.6 is 0 Å². The molecule has 0 unspecified atom stereocenters. The molecule has 4 saturated carbocycles. The highest BCUT2D eigenvalue weighted by molar-refractivity contribution is 7.85. The van der Waals surface area contributed by atoms with Crippen molar-refractivity contribution in [1.82, 2.24) is 29.2 Å². The molecule has 688 valence electrons. The molecule has 0 radical (unpaired) electrons. The van der Waals surface area contributed by atoms with Crippen LogP contribution in [0.25, 0.3) is 21.5 Å². The lowest BCUT2D eigenvalue weighted by atomic mass is 9.77. The number of aromatic nitrogens is 2. The van der Waals surface area contributed by atoms with Crippen LogP contribution in [0.4, 0.5) is 10.5 Å². The van der Waals surface area contributed by atoms with Crippen LogP contribution in [0.5, 0.6) is 29.0 Å². The Balaban J connectivity index is 0.000000235. The van der Waals surface area contributed by atoms with Crippen LogP contribution < -0.4 is 33.1 Å². The number of methoxy groups -OCH3 is 4. The molecule has 0 spiro atoms. The summed E-state index contributed by atoms with van der Waals surface area (Å²) in [4.78, 5) is 145. The molecule has 2 aromatic heterocycles. The van der Waals surface area contributed by atoms with E-state index < -0.39 is 165 Å².